The zero-order chi connectivity index (χ0) is 22.1. The second kappa shape index (κ2) is 10.7. The van der Waals surface area contributed by atoms with Gasteiger partial charge in [-0.25, -0.2) is 0 Å². The largest absolute Gasteiger partial charge is 0.497 e. The first kappa shape index (κ1) is 21.7. The Balaban J connectivity index is 1.47. The molecule has 3 rings (SSSR count). The molecule has 1 unspecified atom stereocenters. The van der Waals surface area contributed by atoms with E-state index in [0.29, 0.717) is 17.2 Å². The fourth-order valence-electron chi connectivity index (χ4n) is 2.77. The SMILES string of the molecule is COc1ccc(OC(C)C(=O)NNC(=O)COc2ccccc2-c2ccccc2)cc1. The van der Waals surface area contributed by atoms with E-state index < -0.39 is 17.9 Å². The molecule has 2 amide bonds. The van der Waals surface area contributed by atoms with Gasteiger partial charge < -0.3 is 14.2 Å². The molecule has 1 atom stereocenters. The topological polar surface area (TPSA) is 85.9 Å². The van der Waals surface area contributed by atoms with Gasteiger partial charge in [0.1, 0.15) is 17.2 Å². The standard InChI is InChI=1S/C24H24N2O5/c1-17(31-20-14-12-19(29-2)13-15-20)24(28)26-25-23(27)16-30-22-11-7-6-10-21(22)18-8-4-3-5-9-18/h3-15,17H,16H2,1-2H3,(H,25,27)(H,26,28). The number of hydrogen-bond donors (Lipinski definition) is 2. The minimum atomic E-state index is -0.812. The first-order valence-corrected chi connectivity index (χ1v) is 9.73. The molecule has 0 aliphatic heterocycles. The average Bonchev–Trinajstić information content (AvgIpc) is 2.82. The molecule has 0 aromatic heterocycles. The summed E-state index contributed by atoms with van der Waals surface area (Å²) in [4.78, 5) is 24.3. The predicted molar refractivity (Wildman–Crippen MR) is 117 cm³/mol. The van der Waals surface area contributed by atoms with Crippen molar-refractivity contribution in [1.82, 2.24) is 10.9 Å². The van der Waals surface area contributed by atoms with Crippen LogP contribution in [-0.4, -0.2) is 31.6 Å². The molecule has 0 fully saturated rings. The number of ether oxygens (including phenoxy) is 3. The molecule has 0 spiro atoms. The Morgan fingerprint density at radius 1 is 0.839 bits per heavy atom. The highest BCUT2D eigenvalue weighted by Gasteiger charge is 2.16. The molecule has 0 bridgehead atoms. The maximum Gasteiger partial charge on any atom is 0.279 e. The predicted octanol–water partition coefficient (Wildman–Crippen LogP) is 3.36. The maximum atomic E-state index is 12.2. The summed E-state index contributed by atoms with van der Waals surface area (Å²) in [6.45, 7) is 1.33. The van der Waals surface area contributed by atoms with Crippen LogP contribution in [0, 0.1) is 0 Å². The summed E-state index contributed by atoms with van der Waals surface area (Å²) in [5.41, 5.74) is 6.53. The van der Waals surface area contributed by atoms with Crippen LogP contribution in [0.1, 0.15) is 6.92 Å². The highest BCUT2D eigenvalue weighted by Crippen LogP contribution is 2.29. The van der Waals surface area contributed by atoms with Crippen LogP contribution in [0.3, 0.4) is 0 Å². The van der Waals surface area contributed by atoms with Gasteiger partial charge in [0.25, 0.3) is 11.8 Å². The van der Waals surface area contributed by atoms with Crippen LogP contribution in [0.2, 0.25) is 0 Å². The van der Waals surface area contributed by atoms with Crippen molar-refractivity contribution in [1.29, 1.82) is 0 Å². The van der Waals surface area contributed by atoms with Crippen molar-refractivity contribution < 1.29 is 23.8 Å². The van der Waals surface area contributed by atoms with E-state index in [1.807, 2.05) is 48.5 Å². The highest BCUT2D eigenvalue weighted by atomic mass is 16.5. The van der Waals surface area contributed by atoms with Gasteiger partial charge in [0.05, 0.1) is 7.11 Å². The lowest BCUT2D eigenvalue weighted by Crippen LogP contribution is -2.48. The van der Waals surface area contributed by atoms with Crippen molar-refractivity contribution in [3.63, 3.8) is 0 Å². The lowest BCUT2D eigenvalue weighted by Gasteiger charge is -2.16. The fraction of sp³-hybridized carbons (Fsp3) is 0.167. The van der Waals surface area contributed by atoms with Gasteiger partial charge in [-0.3, -0.25) is 20.4 Å². The molecule has 0 aliphatic carbocycles. The number of benzene rings is 3. The molecule has 0 saturated heterocycles. The summed E-state index contributed by atoms with van der Waals surface area (Å²) in [5.74, 6) is 0.786. The molecule has 7 nitrogen and oxygen atoms in total. The zero-order valence-corrected chi connectivity index (χ0v) is 17.3. The monoisotopic (exact) mass is 420 g/mol. The number of methoxy groups -OCH3 is 1. The first-order valence-electron chi connectivity index (χ1n) is 9.73. The Morgan fingerprint density at radius 2 is 1.48 bits per heavy atom. The number of nitrogens with one attached hydrogen (secondary N) is 2. The number of carbonyl (C=O) groups excluding carboxylic acids is 2. The van der Waals surface area contributed by atoms with E-state index in [1.54, 1.807) is 44.4 Å². The van der Waals surface area contributed by atoms with Crippen molar-refractivity contribution in [2.75, 3.05) is 13.7 Å². The van der Waals surface area contributed by atoms with Gasteiger partial charge in [-0.2, -0.15) is 0 Å². The minimum absolute atomic E-state index is 0.252. The Hall–Kier alpha value is -4.00. The van der Waals surface area contributed by atoms with Gasteiger partial charge in [-0.15, -0.1) is 0 Å². The number of para-hydroxylation sites is 1. The Kier molecular flexibility index (Phi) is 7.48. The van der Waals surface area contributed by atoms with E-state index >= 15 is 0 Å². The molecule has 0 saturated carbocycles. The number of hydrogen-bond acceptors (Lipinski definition) is 5. The summed E-state index contributed by atoms with van der Waals surface area (Å²) in [6.07, 6.45) is -0.812. The molecule has 3 aromatic carbocycles. The van der Waals surface area contributed by atoms with Gasteiger partial charge in [-0.05, 0) is 42.8 Å². The highest BCUT2D eigenvalue weighted by molar-refractivity contribution is 5.85. The third-order valence-corrected chi connectivity index (χ3v) is 4.40. The quantitative estimate of drug-likeness (QED) is 0.546. The number of amides is 2. The zero-order valence-electron chi connectivity index (χ0n) is 17.3. The molecule has 2 N–H and O–H groups in total. The van der Waals surface area contributed by atoms with E-state index in [2.05, 4.69) is 10.9 Å². The van der Waals surface area contributed by atoms with E-state index in [4.69, 9.17) is 14.2 Å². The summed E-state index contributed by atoms with van der Waals surface area (Å²) in [5, 5.41) is 0. The Bertz CT molecular complexity index is 1010. The molecule has 160 valence electrons. The lowest BCUT2D eigenvalue weighted by atomic mass is 10.1. The summed E-state index contributed by atoms with van der Waals surface area (Å²) in [6, 6.07) is 24.0. The number of hydrazine groups is 1. The molecule has 0 heterocycles. The molecular formula is C24H24N2O5. The molecule has 0 radical (unpaired) electrons. The molecule has 31 heavy (non-hydrogen) atoms. The Labute approximate surface area is 180 Å². The molecule has 0 aliphatic rings. The van der Waals surface area contributed by atoms with Crippen LogP contribution in [0.5, 0.6) is 17.2 Å². The summed E-state index contributed by atoms with van der Waals surface area (Å²) < 4.78 is 16.3. The second-order valence-corrected chi connectivity index (χ2v) is 6.62. The van der Waals surface area contributed by atoms with E-state index in [9.17, 15) is 9.59 Å². The minimum Gasteiger partial charge on any atom is -0.497 e. The summed E-state index contributed by atoms with van der Waals surface area (Å²) in [7, 11) is 1.57. The van der Waals surface area contributed by atoms with Gasteiger partial charge in [0.2, 0.25) is 0 Å². The van der Waals surface area contributed by atoms with Crippen LogP contribution < -0.4 is 25.1 Å². The maximum absolute atomic E-state index is 12.2. The van der Waals surface area contributed by atoms with Gasteiger partial charge in [0, 0.05) is 5.56 Å². The van der Waals surface area contributed by atoms with Gasteiger partial charge in [-0.1, -0.05) is 48.5 Å². The van der Waals surface area contributed by atoms with Crippen LogP contribution in [0.4, 0.5) is 0 Å². The van der Waals surface area contributed by atoms with E-state index in [0.717, 1.165) is 11.1 Å². The first-order chi connectivity index (χ1) is 15.1. The van der Waals surface area contributed by atoms with Crippen LogP contribution in [0.25, 0.3) is 11.1 Å². The van der Waals surface area contributed by atoms with Crippen LogP contribution in [0.15, 0.2) is 78.9 Å². The molecule has 3 aromatic rings. The third kappa shape index (κ3) is 6.24. The van der Waals surface area contributed by atoms with E-state index in [-0.39, 0.29) is 6.61 Å². The summed E-state index contributed by atoms with van der Waals surface area (Å²) >= 11 is 0. The lowest BCUT2D eigenvalue weighted by molar-refractivity contribution is -0.133. The normalized spacial score (nSPS) is 11.2. The smallest absolute Gasteiger partial charge is 0.279 e. The third-order valence-electron chi connectivity index (χ3n) is 4.40. The van der Waals surface area contributed by atoms with Crippen molar-refractivity contribution >= 4 is 11.8 Å². The molecular weight excluding hydrogens is 396 g/mol. The van der Waals surface area contributed by atoms with Gasteiger partial charge >= 0.3 is 0 Å². The number of carbonyl (C=O) groups is 2. The van der Waals surface area contributed by atoms with Crippen molar-refractivity contribution in [3.8, 4) is 28.4 Å². The van der Waals surface area contributed by atoms with Crippen LogP contribution in [-0.2, 0) is 9.59 Å². The Morgan fingerprint density at radius 3 is 2.19 bits per heavy atom. The van der Waals surface area contributed by atoms with Crippen molar-refractivity contribution in [2.24, 2.45) is 0 Å². The van der Waals surface area contributed by atoms with Gasteiger partial charge in [0.15, 0.2) is 12.7 Å². The van der Waals surface area contributed by atoms with Crippen LogP contribution >= 0.6 is 0 Å². The molecule has 7 heteroatoms. The average molecular weight is 420 g/mol. The van der Waals surface area contributed by atoms with E-state index in [1.165, 1.54) is 0 Å². The van der Waals surface area contributed by atoms with Crippen molar-refractivity contribution in [3.05, 3.63) is 78.9 Å². The number of rotatable bonds is 8. The second-order valence-electron chi connectivity index (χ2n) is 6.62. The fourth-order valence-corrected chi connectivity index (χ4v) is 2.77. The van der Waals surface area contributed by atoms with Crippen molar-refractivity contribution in [2.45, 2.75) is 13.0 Å².